The predicted molar refractivity (Wildman–Crippen MR) is 103 cm³/mol. The molecule has 1 aliphatic heterocycles. The van der Waals surface area contributed by atoms with E-state index in [4.69, 9.17) is 11.6 Å². The average Bonchev–Trinajstić information content (AvgIpc) is 2.65. The number of sulfonamides is 1. The summed E-state index contributed by atoms with van der Waals surface area (Å²) >= 11 is 5.82. The first-order chi connectivity index (χ1) is 12.8. The van der Waals surface area contributed by atoms with E-state index in [1.54, 1.807) is 19.1 Å². The number of hydrogen-bond acceptors (Lipinski definition) is 3. The molecule has 1 atom stereocenters. The van der Waals surface area contributed by atoms with Gasteiger partial charge in [-0.1, -0.05) is 17.7 Å². The molecular formula is C19H20ClFN2O3S. The second kappa shape index (κ2) is 7.96. The number of rotatable bonds is 4. The molecule has 27 heavy (non-hydrogen) atoms. The van der Waals surface area contributed by atoms with Gasteiger partial charge >= 0.3 is 0 Å². The van der Waals surface area contributed by atoms with Crippen LogP contribution in [0.4, 0.5) is 10.1 Å². The van der Waals surface area contributed by atoms with E-state index in [2.05, 4.69) is 5.32 Å². The van der Waals surface area contributed by atoms with Crippen LogP contribution in [-0.2, 0) is 14.8 Å². The van der Waals surface area contributed by atoms with E-state index < -0.39 is 21.8 Å². The molecule has 0 saturated carbocycles. The number of piperidine rings is 1. The summed E-state index contributed by atoms with van der Waals surface area (Å²) in [5.41, 5.74) is 0.931. The highest BCUT2D eigenvalue weighted by atomic mass is 35.5. The fourth-order valence-electron chi connectivity index (χ4n) is 3.10. The maximum Gasteiger partial charge on any atom is 0.243 e. The molecule has 0 spiro atoms. The lowest BCUT2D eigenvalue weighted by atomic mass is 9.98. The van der Waals surface area contributed by atoms with Gasteiger partial charge in [-0.15, -0.1) is 0 Å². The minimum absolute atomic E-state index is 0.0597. The second-order valence-electron chi connectivity index (χ2n) is 6.63. The summed E-state index contributed by atoms with van der Waals surface area (Å²) in [6, 6.07) is 10.4. The van der Waals surface area contributed by atoms with Crippen molar-refractivity contribution in [3.63, 3.8) is 0 Å². The van der Waals surface area contributed by atoms with Gasteiger partial charge in [0.25, 0.3) is 0 Å². The highest BCUT2D eigenvalue weighted by Gasteiger charge is 2.33. The number of aryl methyl sites for hydroxylation is 1. The van der Waals surface area contributed by atoms with Crippen molar-refractivity contribution in [3.8, 4) is 0 Å². The molecule has 5 nitrogen and oxygen atoms in total. The maximum absolute atomic E-state index is 13.9. The van der Waals surface area contributed by atoms with Crippen LogP contribution in [0.5, 0.6) is 0 Å². The molecule has 144 valence electrons. The molecule has 1 aliphatic rings. The van der Waals surface area contributed by atoms with Gasteiger partial charge in [0.15, 0.2) is 0 Å². The molecule has 0 aromatic heterocycles. The molecule has 1 heterocycles. The first kappa shape index (κ1) is 19.8. The van der Waals surface area contributed by atoms with E-state index >= 15 is 0 Å². The Bertz CT molecular complexity index is 948. The lowest BCUT2D eigenvalue weighted by molar-refractivity contribution is -0.120. The van der Waals surface area contributed by atoms with Crippen LogP contribution in [0.3, 0.4) is 0 Å². The lowest BCUT2D eigenvalue weighted by Crippen LogP contribution is -2.43. The first-order valence-electron chi connectivity index (χ1n) is 8.60. The molecule has 1 saturated heterocycles. The zero-order valence-electron chi connectivity index (χ0n) is 14.8. The summed E-state index contributed by atoms with van der Waals surface area (Å²) in [5, 5.41) is 3.04. The Hall–Kier alpha value is -1.96. The van der Waals surface area contributed by atoms with Gasteiger partial charge in [-0.25, -0.2) is 12.8 Å². The van der Waals surface area contributed by atoms with Crippen LogP contribution in [0.1, 0.15) is 18.4 Å². The van der Waals surface area contributed by atoms with Crippen molar-refractivity contribution in [3.05, 3.63) is 58.9 Å². The largest absolute Gasteiger partial charge is 0.323 e. The molecule has 0 bridgehead atoms. The van der Waals surface area contributed by atoms with E-state index in [1.807, 2.05) is 0 Å². The Morgan fingerprint density at radius 2 is 1.93 bits per heavy atom. The van der Waals surface area contributed by atoms with E-state index in [0.717, 1.165) is 5.56 Å². The van der Waals surface area contributed by atoms with Crippen molar-refractivity contribution < 1.29 is 17.6 Å². The average molecular weight is 411 g/mol. The molecule has 1 unspecified atom stereocenters. The van der Waals surface area contributed by atoms with E-state index in [1.165, 1.54) is 34.6 Å². The van der Waals surface area contributed by atoms with E-state index in [0.29, 0.717) is 24.4 Å². The summed E-state index contributed by atoms with van der Waals surface area (Å²) in [7, 11) is -3.71. The topological polar surface area (TPSA) is 66.5 Å². The monoisotopic (exact) mass is 410 g/mol. The van der Waals surface area contributed by atoms with Crippen LogP contribution >= 0.6 is 11.6 Å². The van der Waals surface area contributed by atoms with Crippen LogP contribution in [0, 0.1) is 18.7 Å². The molecule has 1 fully saturated rings. The number of carbonyl (C=O) groups excluding carboxylic acids is 1. The van der Waals surface area contributed by atoms with E-state index in [9.17, 15) is 17.6 Å². The quantitative estimate of drug-likeness (QED) is 0.833. The second-order valence-corrected chi connectivity index (χ2v) is 9.00. The summed E-state index contributed by atoms with van der Waals surface area (Å²) < 4.78 is 40.8. The van der Waals surface area contributed by atoms with Crippen LogP contribution in [0.25, 0.3) is 0 Å². The minimum atomic E-state index is -3.71. The summed E-state index contributed by atoms with van der Waals surface area (Å²) in [6.45, 7) is 2.20. The van der Waals surface area contributed by atoms with Crippen LogP contribution in [0.2, 0.25) is 5.02 Å². The van der Waals surface area contributed by atoms with Gasteiger partial charge in [-0.3, -0.25) is 4.79 Å². The van der Waals surface area contributed by atoms with Gasteiger partial charge in [0.05, 0.1) is 16.5 Å². The number of nitrogens with one attached hydrogen (secondary N) is 1. The van der Waals surface area contributed by atoms with E-state index in [-0.39, 0.29) is 23.0 Å². The third-order valence-electron chi connectivity index (χ3n) is 4.59. The van der Waals surface area contributed by atoms with Gasteiger partial charge in [0, 0.05) is 18.1 Å². The molecule has 8 heteroatoms. The number of carbonyl (C=O) groups is 1. The zero-order chi connectivity index (χ0) is 19.6. The molecule has 3 rings (SSSR count). The molecule has 1 amide bonds. The fraction of sp³-hybridized carbons (Fsp3) is 0.316. The smallest absolute Gasteiger partial charge is 0.243 e. The molecule has 0 aliphatic carbocycles. The number of nitrogens with zero attached hydrogens (tertiary/aromatic N) is 1. The number of amides is 1. The number of hydrogen-bond donors (Lipinski definition) is 1. The normalized spacial score (nSPS) is 18.3. The number of anilines is 1. The van der Waals surface area contributed by atoms with Crippen molar-refractivity contribution in [2.45, 2.75) is 24.7 Å². The third kappa shape index (κ3) is 4.48. The summed E-state index contributed by atoms with van der Waals surface area (Å²) in [6.07, 6.45) is 1.10. The van der Waals surface area contributed by atoms with Crippen LogP contribution in [0.15, 0.2) is 47.4 Å². The van der Waals surface area contributed by atoms with Crippen molar-refractivity contribution in [2.24, 2.45) is 5.92 Å². The van der Waals surface area contributed by atoms with Gasteiger partial charge < -0.3 is 5.32 Å². The number of halogens is 2. The van der Waals surface area contributed by atoms with Crippen LogP contribution < -0.4 is 5.32 Å². The Balaban J connectivity index is 1.74. The highest BCUT2D eigenvalue weighted by molar-refractivity contribution is 7.89. The standard InChI is InChI=1S/C19H20ClFN2O3S/c1-13-4-9-17(21)18(11-13)22-19(24)14-3-2-10-23(12-14)27(25,26)16-7-5-15(20)6-8-16/h4-9,11,14H,2-3,10,12H2,1H3,(H,22,24). The van der Waals surface area contributed by atoms with Crippen LogP contribution in [-0.4, -0.2) is 31.7 Å². The highest BCUT2D eigenvalue weighted by Crippen LogP contribution is 2.26. The Morgan fingerprint density at radius 3 is 2.63 bits per heavy atom. The van der Waals surface area contributed by atoms with Crippen molar-refractivity contribution >= 4 is 33.2 Å². The van der Waals surface area contributed by atoms with Crippen molar-refractivity contribution in [2.75, 3.05) is 18.4 Å². The minimum Gasteiger partial charge on any atom is -0.323 e. The Morgan fingerprint density at radius 1 is 1.22 bits per heavy atom. The molecule has 2 aromatic carbocycles. The molecule has 0 radical (unpaired) electrons. The Labute approximate surface area is 163 Å². The fourth-order valence-corrected chi connectivity index (χ4v) is 4.75. The summed E-state index contributed by atoms with van der Waals surface area (Å²) in [4.78, 5) is 12.7. The SMILES string of the molecule is Cc1ccc(F)c(NC(=O)C2CCCN(S(=O)(=O)c3ccc(Cl)cc3)C2)c1. The first-order valence-corrected chi connectivity index (χ1v) is 10.4. The number of benzene rings is 2. The van der Waals surface area contributed by atoms with Crippen molar-refractivity contribution in [1.82, 2.24) is 4.31 Å². The third-order valence-corrected chi connectivity index (χ3v) is 6.72. The zero-order valence-corrected chi connectivity index (χ0v) is 16.4. The maximum atomic E-state index is 13.9. The summed E-state index contributed by atoms with van der Waals surface area (Å²) in [5.74, 6) is -1.44. The molecule has 1 N–H and O–H groups in total. The lowest BCUT2D eigenvalue weighted by Gasteiger charge is -2.31. The molecule has 2 aromatic rings. The van der Waals surface area contributed by atoms with Crippen molar-refractivity contribution in [1.29, 1.82) is 0 Å². The van der Waals surface area contributed by atoms with Gasteiger partial charge in [0.1, 0.15) is 5.82 Å². The predicted octanol–water partition coefficient (Wildman–Crippen LogP) is 3.83. The van der Waals surface area contributed by atoms with Gasteiger partial charge in [0.2, 0.25) is 15.9 Å². The van der Waals surface area contributed by atoms with Gasteiger partial charge in [-0.05, 0) is 61.7 Å². The van der Waals surface area contributed by atoms with Gasteiger partial charge in [-0.2, -0.15) is 4.31 Å². The Kier molecular flexibility index (Phi) is 5.83. The molecular weight excluding hydrogens is 391 g/mol.